The van der Waals surface area contributed by atoms with Gasteiger partial charge in [-0.25, -0.2) is 34.5 Å². The number of rotatable bonds is 3. The summed E-state index contributed by atoms with van der Waals surface area (Å²) in [6.45, 7) is 11.1. The van der Waals surface area contributed by atoms with Crippen molar-refractivity contribution in [2.45, 2.75) is 22.6 Å². The summed E-state index contributed by atoms with van der Waals surface area (Å²) in [5.74, 6) is -4.32. The Morgan fingerprint density at radius 1 is 0.742 bits per heavy atom. The number of hydrogen-bond acceptors (Lipinski definition) is 0. The molecular formula is C12H11AlCl6F12. The second kappa shape index (κ2) is 21.0. The van der Waals surface area contributed by atoms with E-state index in [0.717, 1.165) is 0 Å². The highest BCUT2D eigenvalue weighted by atomic mass is 35.8. The van der Waals surface area contributed by atoms with Gasteiger partial charge >= 0.3 is 34.9 Å². The number of allylic oxidation sites excluding steroid dienone is 2. The van der Waals surface area contributed by atoms with Gasteiger partial charge in [-0.2, -0.15) is 43.9 Å². The Hall–Kier alpha value is 0.392. The van der Waals surface area contributed by atoms with Gasteiger partial charge in [0, 0.05) is 0 Å². The van der Waals surface area contributed by atoms with Crippen LogP contribution in [0.25, 0.3) is 0 Å². The van der Waals surface area contributed by atoms with Crippen molar-refractivity contribution in [3.05, 3.63) is 49.8 Å². The van der Waals surface area contributed by atoms with Crippen LogP contribution in [0.3, 0.4) is 0 Å². The van der Waals surface area contributed by atoms with Crippen LogP contribution >= 0.6 is 65.0 Å². The molecule has 0 aromatic heterocycles. The lowest BCUT2D eigenvalue weighted by atomic mass is 10.3. The Labute approximate surface area is 201 Å². The van der Waals surface area contributed by atoms with Crippen molar-refractivity contribution in [1.82, 2.24) is 0 Å². The van der Waals surface area contributed by atoms with Crippen LogP contribution in [0, 0.1) is 0 Å². The van der Waals surface area contributed by atoms with Crippen LogP contribution in [0.4, 0.5) is 53.0 Å². The highest BCUT2D eigenvalue weighted by molar-refractivity contribution is 7.54. The van der Waals surface area contributed by atoms with Crippen LogP contribution in [0.1, 0.15) is 0 Å². The Balaban J connectivity index is -0.0000000671. The van der Waals surface area contributed by atoms with Crippen molar-refractivity contribution in [2.24, 2.45) is 0 Å². The van der Waals surface area contributed by atoms with Gasteiger partial charge in [0.2, 0.25) is 0 Å². The third-order valence-corrected chi connectivity index (χ3v) is 2.17. The second-order valence-electron chi connectivity index (χ2n) is 3.42. The molecule has 0 amide bonds. The van der Waals surface area contributed by atoms with E-state index in [0.29, 0.717) is 0 Å². The minimum atomic E-state index is -5.07. The van der Waals surface area contributed by atoms with Crippen LogP contribution in [0.5, 0.6) is 0 Å². The topological polar surface area (TPSA) is 0 Å². The molecule has 0 fully saturated rings. The zero-order valence-corrected chi connectivity index (χ0v) is 20.1. The summed E-state index contributed by atoms with van der Waals surface area (Å²) in [6, 6.07) is 0. The molecule has 19 heteroatoms. The molecule has 0 aliphatic heterocycles. The van der Waals surface area contributed by atoms with Gasteiger partial charge in [0.05, 0.1) is 0 Å². The van der Waals surface area contributed by atoms with Gasteiger partial charge in [-0.05, 0) is 35.4 Å². The molecule has 0 aromatic rings. The smallest absolute Gasteiger partial charge is 0.269 e. The molecule has 188 valence electrons. The van der Waals surface area contributed by atoms with Gasteiger partial charge < -0.3 is 0 Å². The first-order chi connectivity index (χ1) is 13.0. The molecule has 0 aliphatic rings. The molecule has 0 heterocycles. The number of hydrogen-bond donors (Lipinski definition) is 0. The second-order valence-corrected chi connectivity index (χ2v) is 11.2. The molecule has 31 heavy (non-hydrogen) atoms. The van der Waals surface area contributed by atoms with E-state index in [1.54, 1.807) is 0 Å². The van der Waals surface area contributed by atoms with E-state index in [1.807, 2.05) is 0 Å². The van der Waals surface area contributed by atoms with E-state index in [-0.39, 0.29) is 16.9 Å². The van der Waals surface area contributed by atoms with Crippen molar-refractivity contribution < 1.29 is 53.0 Å². The quantitative estimate of drug-likeness (QED) is 0.127. The van der Waals surface area contributed by atoms with E-state index in [4.69, 9.17) is 30.1 Å². The lowest BCUT2D eigenvalue weighted by Gasteiger charge is -2.15. The maximum Gasteiger partial charge on any atom is 0.643 e. The summed E-state index contributed by atoms with van der Waals surface area (Å²) in [4.78, 5) is 0. The molecule has 0 bridgehead atoms. The number of alkyl halides is 10. The molecule has 0 saturated heterocycles. The molecule has 0 saturated carbocycles. The summed E-state index contributed by atoms with van der Waals surface area (Å²) < 4.78 is 124. The van der Waals surface area contributed by atoms with Crippen LogP contribution < -0.4 is 0 Å². The Bertz CT molecular complexity index is 455. The lowest BCUT2D eigenvalue weighted by Crippen LogP contribution is -2.32. The van der Waals surface area contributed by atoms with Crippen LogP contribution in [0.2, 0.25) is 0 Å². The molecule has 0 aliphatic carbocycles. The van der Waals surface area contributed by atoms with Crippen molar-refractivity contribution in [1.29, 1.82) is 0 Å². The molecule has 1 atom stereocenters. The minimum Gasteiger partial charge on any atom is -0.269 e. The zero-order valence-electron chi connectivity index (χ0n) is 14.4. The van der Waals surface area contributed by atoms with E-state index in [1.165, 1.54) is 0 Å². The molecule has 0 nitrogen and oxygen atoms in total. The summed E-state index contributed by atoms with van der Waals surface area (Å²) >= 11 is 10.6. The predicted octanol–water partition coefficient (Wildman–Crippen LogP) is 10.2. The van der Waals surface area contributed by atoms with E-state index in [2.05, 4.69) is 61.1 Å². The molecule has 1 unspecified atom stereocenters. The van der Waals surface area contributed by atoms with Gasteiger partial charge in [0.25, 0.3) is 10.4 Å². The standard InChI is InChI=1S/2C4H3ClF4.C2ClF3.C2H4.Al.3ClH.FH/c1-2-3(6,7)4(5,8)9;1-2-3(5,6)4(7,8)9;3-1(4)2(5)6;1-2;;;;;/h2*2H,1H2;;1-2H2;;4*1H/q;;;;+3;;;;/p-3. The average molecular weight is 623 g/mol. The monoisotopic (exact) mass is 620 g/mol. The van der Waals surface area contributed by atoms with Gasteiger partial charge in [0.15, 0.2) is 0 Å². The van der Waals surface area contributed by atoms with Crippen LogP contribution in [0.15, 0.2) is 49.8 Å². The zero-order chi connectivity index (χ0) is 26.1. The van der Waals surface area contributed by atoms with Crippen molar-refractivity contribution >= 4 is 76.3 Å². The first-order valence-corrected chi connectivity index (χ1v) is 12.3. The highest BCUT2D eigenvalue weighted by Crippen LogP contribution is 2.38. The van der Waals surface area contributed by atoms with E-state index in [9.17, 15) is 48.3 Å². The Kier molecular flexibility index (Phi) is 30.4. The van der Waals surface area contributed by atoms with Crippen LogP contribution in [-0.2, 0) is 0 Å². The van der Waals surface area contributed by atoms with Gasteiger partial charge in [0.1, 0.15) is 0 Å². The number of halogens is 18. The summed E-state index contributed by atoms with van der Waals surface area (Å²) in [7, 11) is 14.8. The lowest BCUT2D eigenvalue weighted by molar-refractivity contribution is -0.182. The van der Waals surface area contributed by atoms with Gasteiger partial charge in [-0.1, -0.05) is 24.8 Å². The largest absolute Gasteiger partial charge is 0.643 e. The third-order valence-electron chi connectivity index (χ3n) is 1.41. The van der Waals surface area contributed by atoms with Crippen LogP contribution in [-0.4, -0.2) is 34.0 Å². The summed E-state index contributed by atoms with van der Waals surface area (Å²) in [5.41, 5.74) is 0. The van der Waals surface area contributed by atoms with Crippen molar-refractivity contribution in [3.63, 3.8) is 0 Å². The normalized spacial score (nSPS) is 11.9. The minimum absolute atomic E-state index is 0. The maximum atomic E-state index is 11.8. The van der Waals surface area contributed by atoms with Gasteiger partial charge in [-0.3, -0.25) is 4.70 Å². The third kappa shape index (κ3) is 30.4. The first kappa shape index (κ1) is 45.0. The Morgan fingerprint density at radius 3 is 0.968 bits per heavy atom. The van der Waals surface area contributed by atoms with Crippen molar-refractivity contribution in [3.8, 4) is 0 Å². The first-order valence-electron chi connectivity index (χ1n) is 5.94. The molecular weight excluding hydrogens is 612 g/mol. The van der Waals surface area contributed by atoms with E-state index >= 15 is 0 Å². The molecule has 0 spiro atoms. The molecule has 0 rings (SSSR count). The molecule has 0 radical (unpaired) electrons. The fraction of sp³-hybridized carbons (Fsp3) is 0.333. The average Bonchev–Trinajstić information content (AvgIpc) is 2.55. The summed E-state index contributed by atoms with van der Waals surface area (Å²) in [5, 5.41) is -10.3. The maximum absolute atomic E-state index is 11.8. The fourth-order valence-electron chi connectivity index (χ4n) is 0.231. The van der Waals surface area contributed by atoms with Crippen molar-refractivity contribution in [2.75, 3.05) is 0 Å². The van der Waals surface area contributed by atoms with E-state index < -0.39 is 45.4 Å². The Morgan fingerprint density at radius 2 is 0.968 bits per heavy atom. The highest BCUT2D eigenvalue weighted by Gasteiger charge is 2.53. The molecule has 0 aromatic carbocycles. The fourth-order valence-corrected chi connectivity index (χ4v) is 0.309. The SMILES string of the molecule is C=C.C=CC(F)(Cl)C(F)(F)F.C=CC(F)(F)C(F)(F)Cl.F.FC(F)=C(F)Cl.[Cl][Al]([Cl])[Cl]. The summed E-state index contributed by atoms with van der Waals surface area (Å²) in [6.07, 6.45) is -7.75. The predicted molar refractivity (Wildman–Crippen MR) is 105 cm³/mol. The van der Waals surface area contributed by atoms with Gasteiger partial charge in [-0.15, -0.1) is 13.2 Å². The molecule has 0 N–H and O–H groups in total.